The van der Waals surface area contributed by atoms with Crippen LogP contribution in [0.3, 0.4) is 0 Å². The molecule has 0 aromatic heterocycles. The molecule has 1 saturated heterocycles. The third kappa shape index (κ3) is 7.15. The Hall–Kier alpha value is -1.83. The minimum atomic E-state index is -0.130. The van der Waals surface area contributed by atoms with E-state index < -0.39 is 0 Å². The summed E-state index contributed by atoms with van der Waals surface area (Å²) < 4.78 is 11.2. The SMILES string of the molecule is CCC(C)(CNC(=O)NCC(c1ccc(OC(C)C)cc1)N(C)C)N1CCOCC1. The number of nitrogens with one attached hydrogen (secondary N) is 2. The number of amides is 2. The van der Waals surface area contributed by atoms with Crippen LogP contribution in [0.25, 0.3) is 0 Å². The lowest BCUT2D eigenvalue weighted by atomic mass is 9.95. The quantitative estimate of drug-likeness (QED) is 0.609. The Labute approximate surface area is 182 Å². The molecule has 1 heterocycles. The maximum Gasteiger partial charge on any atom is 0.314 e. The third-order valence-corrected chi connectivity index (χ3v) is 5.88. The Bertz CT molecular complexity index is 644. The molecule has 170 valence electrons. The van der Waals surface area contributed by atoms with Crippen LogP contribution < -0.4 is 15.4 Å². The summed E-state index contributed by atoms with van der Waals surface area (Å²) in [5.74, 6) is 0.860. The fraction of sp³-hybridized carbons (Fsp3) is 0.696. The monoisotopic (exact) mass is 420 g/mol. The van der Waals surface area contributed by atoms with E-state index in [-0.39, 0.29) is 23.7 Å². The van der Waals surface area contributed by atoms with Crippen molar-refractivity contribution in [3.63, 3.8) is 0 Å². The fourth-order valence-corrected chi connectivity index (χ4v) is 3.73. The van der Waals surface area contributed by atoms with Crippen LogP contribution in [0, 0.1) is 0 Å². The van der Waals surface area contributed by atoms with Gasteiger partial charge in [0, 0.05) is 31.7 Å². The van der Waals surface area contributed by atoms with Crippen LogP contribution in [-0.2, 0) is 4.74 Å². The van der Waals surface area contributed by atoms with Gasteiger partial charge in [0.1, 0.15) is 5.75 Å². The van der Waals surface area contributed by atoms with Gasteiger partial charge in [-0.25, -0.2) is 4.79 Å². The minimum Gasteiger partial charge on any atom is -0.491 e. The average Bonchev–Trinajstić information content (AvgIpc) is 2.73. The Morgan fingerprint density at radius 1 is 1.20 bits per heavy atom. The molecular formula is C23H40N4O3. The highest BCUT2D eigenvalue weighted by Gasteiger charge is 2.31. The Kier molecular flexibility index (Phi) is 9.39. The van der Waals surface area contributed by atoms with Crippen molar-refractivity contribution in [1.29, 1.82) is 0 Å². The lowest BCUT2D eigenvalue weighted by Crippen LogP contribution is -2.57. The first-order valence-electron chi connectivity index (χ1n) is 11.0. The number of carbonyl (C=O) groups is 1. The molecule has 0 aliphatic carbocycles. The number of likely N-dealkylation sites (N-methyl/N-ethyl adjacent to an activating group) is 1. The molecule has 30 heavy (non-hydrogen) atoms. The van der Waals surface area contributed by atoms with Gasteiger partial charge in [-0.15, -0.1) is 0 Å². The summed E-state index contributed by atoms with van der Waals surface area (Å²) in [6, 6.07) is 8.06. The van der Waals surface area contributed by atoms with Crippen LogP contribution >= 0.6 is 0 Å². The van der Waals surface area contributed by atoms with E-state index in [2.05, 4.69) is 46.4 Å². The van der Waals surface area contributed by atoms with Gasteiger partial charge in [-0.2, -0.15) is 0 Å². The minimum absolute atomic E-state index is 0.0612. The molecule has 0 radical (unpaired) electrons. The average molecular weight is 421 g/mol. The zero-order valence-electron chi connectivity index (χ0n) is 19.5. The number of carbonyl (C=O) groups excluding carboxylic acids is 1. The van der Waals surface area contributed by atoms with Gasteiger partial charge >= 0.3 is 6.03 Å². The molecule has 1 fully saturated rings. The molecule has 0 bridgehead atoms. The largest absolute Gasteiger partial charge is 0.491 e. The molecule has 2 atom stereocenters. The molecule has 2 unspecified atom stereocenters. The normalized spacial score (nSPS) is 18.1. The van der Waals surface area contributed by atoms with Gasteiger partial charge in [0.05, 0.1) is 25.4 Å². The number of morpholine rings is 1. The first-order chi connectivity index (χ1) is 14.2. The standard InChI is InChI=1S/C23H40N4O3/c1-7-23(4,27-12-14-29-15-13-27)17-25-22(28)24-16-21(26(5)6)19-8-10-20(11-9-19)30-18(2)3/h8-11,18,21H,7,12-17H2,1-6H3,(H2,24,25,28). The zero-order valence-corrected chi connectivity index (χ0v) is 19.5. The summed E-state index contributed by atoms with van der Waals surface area (Å²) in [4.78, 5) is 17.0. The summed E-state index contributed by atoms with van der Waals surface area (Å²) in [6.07, 6.45) is 1.12. The zero-order chi connectivity index (χ0) is 22.1. The van der Waals surface area contributed by atoms with Gasteiger partial charge in [0.25, 0.3) is 0 Å². The van der Waals surface area contributed by atoms with Crippen LogP contribution in [0.2, 0.25) is 0 Å². The molecule has 2 amide bonds. The smallest absolute Gasteiger partial charge is 0.314 e. The number of hydrogen-bond donors (Lipinski definition) is 2. The van der Waals surface area contributed by atoms with Crippen LogP contribution in [0.5, 0.6) is 5.75 Å². The predicted molar refractivity (Wildman–Crippen MR) is 121 cm³/mol. The molecule has 0 saturated carbocycles. The molecule has 7 nitrogen and oxygen atoms in total. The van der Waals surface area contributed by atoms with Crippen molar-refractivity contribution in [2.75, 3.05) is 53.5 Å². The second kappa shape index (κ2) is 11.5. The highest BCUT2D eigenvalue weighted by Crippen LogP contribution is 2.22. The lowest BCUT2D eigenvalue weighted by molar-refractivity contribution is -0.0165. The van der Waals surface area contributed by atoms with Crippen molar-refractivity contribution in [3.05, 3.63) is 29.8 Å². The number of nitrogens with zero attached hydrogens (tertiary/aromatic N) is 2. The number of urea groups is 1. The van der Waals surface area contributed by atoms with Gasteiger partial charge in [-0.1, -0.05) is 19.1 Å². The highest BCUT2D eigenvalue weighted by molar-refractivity contribution is 5.74. The van der Waals surface area contributed by atoms with E-state index in [9.17, 15) is 4.79 Å². The molecule has 1 aliphatic heterocycles. The van der Waals surface area contributed by atoms with E-state index in [0.29, 0.717) is 13.1 Å². The number of benzene rings is 1. The first kappa shape index (κ1) is 24.4. The Balaban J connectivity index is 1.88. The first-order valence-corrected chi connectivity index (χ1v) is 11.0. The van der Waals surface area contributed by atoms with E-state index in [1.807, 2.05) is 40.1 Å². The van der Waals surface area contributed by atoms with Crippen LogP contribution in [-0.4, -0.2) is 81.0 Å². The number of ether oxygens (including phenoxy) is 2. The van der Waals surface area contributed by atoms with E-state index in [1.165, 1.54) is 0 Å². The van der Waals surface area contributed by atoms with E-state index in [0.717, 1.165) is 44.0 Å². The predicted octanol–water partition coefficient (Wildman–Crippen LogP) is 2.88. The van der Waals surface area contributed by atoms with Crippen molar-refractivity contribution < 1.29 is 14.3 Å². The van der Waals surface area contributed by atoms with Crippen molar-refractivity contribution in [3.8, 4) is 5.75 Å². The van der Waals surface area contributed by atoms with Gasteiger partial charge in [-0.05, 0) is 59.0 Å². The van der Waals surface area contributed by atoms with Gasteiger partial charge in [0.15, 0.2) is 0 Å². The van der Waals surface area contributed by atoms with E-state index in [1.54, 1.807) is 0 Å². The van der Waals surface area contributed by atoms with Crippen LogP contribution in [0.1, 0.15) is 45.7 Å². The van der Waals surface area contributed by atoms with Crippen LogP contribution in [0.4, 0.5) is 4.79 Å². The second-order valence-electron chi connectivity index (χ2n) is 8.73. The Morgan fingerprint density at radius 2 is 1.83 bits per heavy atom. The molecular weight excluding hydrogens is 380 g/mol. The topological polar surface area (TPSA) is 66.1 Å². The van der Waals surface area contributed by atoms with Crippen molar-refractivity contribution in [2.24, 2.45) is 0 Å². The van der Waals surface area contributed by atoms with Gasteiger partial charge < -0.3 is 25.0 Å². The van der Waals surface area contributed by atoms with Gasteiger partial charge in [-0.3, -0.25) is 4.90 Å². The molecule has 7 heteroatoms. The second-order valence-corrected chi connectivity index (χ2v) is 8.73. The molecule has 1 aromatic rings. The van der Waals surface area contributed by atoms with Gasteiger partial charge in [0.2, 0.25) is 0 Å². The lowest BCUT2D eigenvalue weighted by Gasteiger charge is -2.43. The maximum absolute atomic E-state index is 12.5. The van der Waals surface area contributed by atoms with Crippen molar-refractivity contribution in [2.45, 2.75) is 51.8 Å². The summed E-state index contributed by atoms with van der Waals surface area (Å²) >= 11 is 0. The number of hydrogen-bond acceptors (Lipinski definition) is 5. The Morgan fingerprint density at radius 3 is 2.37 bits per heavy atom. The van der Waals surface area contributed by atoms with Crippen LogP contribution in [0.15, 0.2) is 24.3 Å². The molecule has 1 aliphatic rings. The summed E-state index contributed by atoms with van der Waals surface area (Å²) in [6.45, 7) is 12.9. The summed E-state index contributed by atoms with van der Waals surface area (Å²) in [5.41, 5.74) is 1.08. The maximum atomic E-state index is 12.5. The summed E-state index contributed by atoms with van der Waals surface area (Å²) in [5, 5.41) is 6.12. The van der Waals surface area contributed by atoms with Crippen molar-refractivity contribution >= 4 is 6.03 Å². The molecule has 2 N–H and O–H groups in total. The molecule has 1 aromatic carbocycles. The van der Waals surface area contributed by atoms with E-state index >= 15 is 0 Å². The molecule has 0 spiro atoms. The third-order valence-electron chi connectivity index (χ3n) is 5.88. The fourth-order valence-electron chi connectivity index (χ4n) is 3.73. The van der Waals surface area contributed by atoms with Crippen molar-refractivity contribution in [1.82, 2.24) is 20.4 Å². The number of rotatable bonds is 10. The summed E-state index contributed by atoms with van der Waals surface area (Å²) in [7, 11) is 4.05. The highest BCUT2D eigenvalue weighted by atomic mass is 16.5. The molecule has 2 rings (SSSR count). The van der Waals surface area contributed by atoms with E-state index in [4.69, 9.17) is 9.47 Å².